The minimum Gasteiger partial charge on any atom is -0.394 e. The van der Waals surface area contributed by atoms with Gasteiger partial charge in [0.2, 0.25) is 0 Å². The summed E-state index contributed by atoms with van der Waals surface area (Å²) in [6.07, 6.45) is 0.703. The lowest BCUT2D eigenvalue weighted by atomic mass is 10.1. The molecule has 1 atom stereocenters. The Balaban J connectivity index is 2.24. The van der Waals surface area contributed by atoms with Crippen molar-refractivity contribution in [3.05, 3.63) is 39.8 Å². The highest BCUT2D eigenvalue weighted by Gasteiger charge is 2.25. The number of carbonyl (C=O) groups excluding carboxylic acids is 1. The molecule has 2 N–H and O–H groups in total. The largest absolute Gasteiger partial charge is 0.394 e. The predicted molar refractivity (Wildman–Crippen MR) is 88.0 cm³/mol. The van der Waals surface area contributed by atoms with Crippen molar-refractivity contribution in [3.63, 3.8) is 0 Å². The number of aliphatic hydroxyl groups is 1. The number of nitrogens with one attached hydrogen (secondary N) is 1. The standard InChI is InChI=1S/C16H23N3O2S/c1-4-12(10-20)19(9-13-6-5-7-22-13)16(21)15-8-14(11(2)3)17-18-15/h5-8,11-12,20H,4,9-10H2,1-3H3,(H,17,18)/t12-/m1/s1. The van der Waals surface area contributed by atoms with E-state index in [-0.39, 0.29) is 18.6 Å². The summed E-state index contributed by atoms with van der Waals surface area (Å²) in [5, 5.41) is 18.6. The van der Waals surface area contributed by atoms with E-state index < -0.39 is 0 Å². The molecule has 0 spiro atoms. The summed E-state index contributed by atoms with van der Waals surface area (Å²) in [6, 6.07) is 5.57. The van der Waals surface area contributed by atoms with Crippen molar-refractivity contribution in [2.45, 2.75) is 45.7 Å². The fourth-order valence-electron chi connectivity index (χ4n) is 2.27. The van der Waals surface area contributed by atoms with Crippen LogP contribution in [0.3, 0.4) is 0 Å². The highest BCUT2D eigenvalue weighted by atomic mass is 32.1. The Bertz CT molecular complexity index is 588. The van der Waals surface area contributed by atoms with Crippen LogP contribution >= 0.6 is 11.3 Å². The number of carbonyl (C=O) groups is 1. The van der Waals surface area contributed by atoms with Gasteiger partial charge in [0, 0.05) is 10.6 Å². The molecule has 22 heavy (non-hydrogen) atoms. The Hall–Kier alpha value is -1.66. The minimum atomic E-state index is -0.200. The van der Waals surface area contributed by atoms with Crippen LogP contribution in [0.4, 0.5) is 0 Å². The number of H-pyrrole nitrogens is 1. The molecule has 120 valence electrons. The lowest BCUT2D eigenvalue weighted by Crippen LogP contribution is -2.41. The lowest BCUT2D eigenvalue weighted by Gasteiger charge is -2.29. The average Bonchev–Trinajstić information content (AvgIpc) is 3.18. The number of nitrogens with zero attached hydrogens (tertiary/aromatic N) is 2. The molecule has 2 heterocycles. The second kappa shape index (κ2) is 7.56. The van der Waals surface area contributed by atoms with Crippen molar-refractivity contribution in [1.82, 2.24) is 15.1 Å². The summed E-state index contributed by atoms with van der Waals surface area (Å²) in [4.78, 5) is 15.6. The number of thiophene rings is 1. The molecule has 5 nitrogen and oxygen atoms in total. The first-order chi connectivity index (χ1) is 10.6. The zero-order chi connectivity index (χ0) is 16.1. The topological polar surface area (TPSA) is 69.2 Å². The van der Waals surface area contributed by atoms with Crippen LogP contribution in [0.1, 0.15) is 54.2 Å². The van der Waals surface area contributed by atoms with Crippen LogP contribution in [0.15, 0.2) is 23.6 Å². The zero-order valence-electron chi connectivity index (χ0n) is 13.2. The van der Waals surface area contributed by atoms with Gasteiger partial charge in [-0.25, -0.2) is 0 Å². The quantitative estimate of drug-likeness (QED) is 0.823. The molecule has 0 fully saturated rings. The van der Waals surface area contributed by atoms with Crippen LogP contribution in [0.5, 0.6) is 0 Å². The third-order valence-electron chi connectivity index (χ3n) is 3.73. The van der Waals surface area contributed by atoms with E-state index in [1.165, 1.54) is 0 Å². The third kappa shape index (κ3) is 3.75. The van der Waals surface area contributed by atoms with E-state index in [4.69, 9.17) is 0 Å². The van der Waals surface area contributed by atoms with Gasteiger partial charge in [0.25, 0.3) is 5.91 Å². The summed E-state index contributed by atoms with van der Waals surface area (Å²) in [5.74, 6) is 0.150. The second-order valence-electron chi connectivity index (χ2n) is 5.62. The smallest absolute Gasteiger partial charge is 0.275 e. The predicted octanol–water partition coefficient (Wildman–Crippen LogP) is 3.01. The van der Waals surface area contributed by atoms with E-state index in [1.807, 2.05) is 38.3 Å². The van der Waals surface area contributed by atoms with Gasteiger partial charge in [-0.2, -0.15) is 5.10 Å². The fraction of sp³-hybridized carbons (Fsp3) is 0.500. The maximum absolute atomic E-state index is 12.8. The van der Waals surface area contributed by atoms with Crippen LogP contribution in [0.25, 0.3) is 0 Å². The maximum atomic E-state index is 12.8. The number of aromatic amines is 1. The molecule has 1 amide bonds. The highest BCUT2D eigenvalue weighted by molar-refractivity contribution is 7.09. The molecule has 0 aromatic carbocycles. The van der Waals surface area contributed by atoms with E-state index in [0.29, 0.717) is 24.6 Å². The summed E-state index contributed by atoms with van der Waals surface area (Å²) in [7, 11) is 0. The Labute approximate surface area is 135 Å². The van der Waals surface area contributed by atoms with Gasteiger partial charge in [-0.3, -0.25) is 9.89 Å². The van der Waals surface area contributed by atoms with Gasteiger partial charge in [-0.1, -0.05) is 26.8 Å². The lowest BCUT2D eigenvalue weighted by molar-refractivity contribution is 0.0560. The van der Waals surface area contributed by atoms with Gasteiger partial charge in [0.15, 0.2) is 0 Å². The molecule has 0 aliphatic carbocycles. The number of amides is 1. The van der Waals surface area contributed by atoms with Crippen LogP contribution in [0, 0.1) is 0 Å². The van der Waals surface area contributed by atoms with E-state index in [2.05, 4.69) is 10.2 Å². The molecular weight excluding hydrogens is 298 g/mol. The van der Waals surface area contributed by atoms with E-state index in [0.717, 1.165) is 10.6 Å². The minimum absolute atomic E-state index is 0.0466. The first-order valence-corrected chi connectivity index (χ1v) is 8.44. The fourth-order valence-corrected chi connectivity index (χ4v) is 2.98. The monoisotopic (exact) mass is 321 g/mol. The molecule has 2 rings (SSSR count). The van der Waals surface area contributed by atoms with E-state index in [9.17, 15) is 9.90 Å². The number of aliphatic hydroxyl groups excluding tert-OH is 1. The maximum Gasteiger partial charge on any atom is 0.275 e. The average molecular weight is 321 g/mol. The van der Waals surface area contributed by atoms with Gasteiger partial charge < -0.3 is 10.0 Å². The van der Waals surface area contributed by atoms with E-state index in [1.54, 1.807) is 22.3 Å². The summed E-state index contributed by atoms with van der Waals surface area (Å²) in [5.41, 5.74) is 1.35. The van der Waals surface area contributed by atoms with Gasteiger partial charge in [-0.15, -0.1) is 11.3 Å². The summed E-state index contributed by atoms with van der Waals surface area (Å²) >= 11 is 1.61. The van der Waals surface area contributed by atoms with Crippen LogP contribution in [-0.2, 0) is 6.54 Å². The summed E-state index contributed by atoms with van der Waals surface area (Å²) in [6.45, 7) is 6.52. The third-order valence-corrected chi connectivity index (χ3v) is 4.59. The van der Waals surface area contributed by atoms with Gasteiger partial charge in [0.05, 0.1) is 19.2 Å². The Morgan fingerprint density at radius 2 is 2.27 bits per heavy atom. The molecule has 0 bridgehead atoms. The molecule has 0 saturated heterocycles. The highest BCUT2D eigenvalue weighted by Crippen LogP contribution is 2.19. The molecular formula is C16H23N3O2S. The first-order valence-electron chi connectivity index (χ1n) is 7.56. The van der Waals surface area contributed by atoms with Crippen molar-refractivity contribution < 1.29 is 9.90 Å². The zero-order valence-corrected chi connectivity index (χ0v) is 14.1. The number of rotatable bonds is 7. The summed E-state index contributed by atoms with van der Waals surface area (Å²) < 4.78 is 0. The molecule has 0 aliphatic rings. The molecule has 6 heteroatoms. The van der Waals surface area contributed by atoms with Crippen molar-refractivity contribution in [2.24, 2.45) is 0 Å². The van der Waals surface area contributed by atoms with Gasteiger partial charge in [0.1, 0.15) is 5.69 Å². The van der Waals surface area contributed by atoms with E-state index >= 15 is 0 Å². The molecule has 0 unspecified atom stereocenters. The SMILES string of the molecule is CC[C@H](CO)N(Cc1cccs1)C(=O)c1cc(C(C)C)[nH]n1. The second-order valence-corrected chi connectivity index (χ2v) is 6.65. The molecule has 2 aromatic rings. The molecule has 2 aromatic heterocycles. The van der Waals surface area contributed by atoms with Crippen molar-refractivity contribution in [1.29, 1.82) is 0 Å². The Kier molecular flexibility index (Phi) is 5.74. The Morgan fingerprint density at radius 3 is 2.77 bits per heavy atom. The molecule has 0 aliphatic heterocycles. The number of hydrogen-bond acceptors (Lipinski definition) is 4. The van der Waals surface area contributed by atoms with Gasteiger partial charge in [-0.05, 0) is 29.9 Å². The van der Waals surface area contributed by atoms with Crippen molar-refractivity contribution in [2.75, 3.05) is 6.61 Å². The first kappa shape index (κ1) is 16.7. The number of hydrogen-bond donors (Lipinski definition) is 2. The molecule has 0 saturated carbocycles. The normalized spacial score (nSPS) is 12.6. The van der Waals surface area contributed by atoms with Crippen molar-refractivity contribution in [3.8, 4) is 0 Å². The molecule has 0 radical (unpaired) electrons. The van der Waals surface area contributed by atoms with Crippen LogP contribution in [-0.4, -0.2) is 38.8 Å². The van der Waals surface area contributed by atoms with Gasteiger partial charge >= 0.3 is 0 Å². The Morgan fingerprint density at radius 1 is 1.50 bits per heavy atom. The van der Waals surface area contributed by atoms with Crippen LogP contribution < -0.4 is 0 Å². The van der Waals surface area contributed by atoms with Crippen LogP contribution in [0.2, 0.25) is 0 Å². The number of aromatic nitrogens is 2. The van der Waals surface area contributed by atoms with Crippen molar-refractivity contribution >= 4 is 17.2 Å².